The number of ether oxygens (including phenoxy) is 4. The molecule has 0 radical (unpaired) electrons. The fraction of sp³-hybridized carbons (Fsp3) is 0.750. The Morgan fingerprint density at radius 2 is 1.83 bits per heavy atom. The van der Waals surface area contributed by atoms with Crippen molar-refractivity contribution in [2.24, 2.45) is 0 Å². The van der Waals surface area contributed by atoms with Gasteiger partial charge in [-0.2, -0.15) is 0 Å². The van der Waals surface area contributed by atoms with Crippen LogP contribution in [-0.2, 0) is 28.5 Å². The number of allylic oxidation sites excluding steroid dienone is 1. The van der Waals surface area contributed by atoms with Gasteiger partial charge in [-0.3, -0.25) is 14.5 Å². The number of nitrogens with zero attached hydrogens (tertiary/aromatic N) is 1. The number of aliphatic hydroxyl groups excluding tert-OH is 1. The third-order valence-electron chi connectivity index (χ3n) is 3.86. The van der Waals surface area contributed by atoms with Gasteiger partial charge in [-0.25, -0.2) is 0 Å². The molecule has 0 aromatic rings. The molecule has 1 N–H and O–H groups in total. The maximum Gasteiger partial charge on any atom is 0.225 e. The van der Waals surface area contributed by atoms with Crippen molar-refractivity contribution in [1.82, 2.24) is 4.90 Å². The maximum absolute atomic E-state index is 12.1. The van der Waals surface area contributed by atoms with Crippen LogP contribution >= 0.6 is 0 Å². The summed E-state index contributed by atoms with van der Waals surface area (Å²) in [5.41, 5.74) is 0.408. The highest BCUT2D eigenvalue weighted by molar-refractivity contribution is 5.93. The summed E-state index contributed by atoms with van der Waals surface area (Å²) in [4.78, 5) is 24.9. The number of rotatable bonds is 9. The lowest BCUT2D eigenvalue weighted by Gasteiger charge is -2.30. The lowest BCUT2D eigenvalue weighted by Crippen LogP contribution is -2.46. The molecule has 0 saturated carbocycles. The first-order chi connectivity index (χ1) is 11.4. The molecule has 0 aromatic carbocycles. The first kappa shape index (κ1) is 20.7. The first-order valence-corrected chi connectivity index (χ1v) is 7.75. The van der Waals surface area contributed by atoms with E-state index < -0.39 is 24.5 Å². The van der Waals surface area contributed by atoms with Gasteiger partial charge in [0, 0.05) is 32.9 Å². The summed E-state index contributed by atoms with van der Waals surface area (Å²) in [5, 5.41) is 9.51. The van der Waals surface area contributed by atoms with Crippen molar-refractivity contribution in [3.8, 4) is 0 Å². The Morgan fingerprint density at radius 1 is 1.17 bits per heavy atom. The van der Waals surface area contributed by atoms with E-state index >= 15 is 0 Å². The Hall–Kier alpha value is -1.32. The zero-order valence-corrected chi connectivity index (χ0v) is 14.9. The van der Waals surface area contributed by atoms with Gasteiger partial charge in [0.15, 0.2) is 12.0 Å². The van der Waals surface area contributed by atoms with Crippen molar-refractivity contribution in [3.63, 3.8) is 0 Å². The molecular formula is C16H27NO7. The monoisotopic (exact) mass is 345 g/mol. The predicted molar refractivity (Wildman–Crippen MR) is 85.1 cm³/mol. The molecule has 1 saturated heterocycles. The van der Waals surface area contributed by atoms with Crippen LogP contribution in [0.15, 0.2) is 11.8 Å². The van der Waals surface area contributed by atoms with Gasteiger partial charge in [-0.15, -0.1) is 0 Å². The average molecular weight is 345 g/mol. The van der Waals surface area contributed by atoms with E-state index in [0.717, 1.165) is 0 Å². The summed E-state index contributed by atoms with van der Waals surface area (Å²) in [6.45, 7) is 4.77. The smallest absolute Gasteiger partial charge is 0.225 e. The van der Waals surface area contributed by atoms with Crippen molar-refractivity contribution < 1.29 is 33.6 Å². The molecule has 4 atom stereocenters. The Balaban J connectivity index is 3.09. The van der Waals surface area contributed by atoms with Crippen molar-refractivity contribution in [2.45, 2.75) is 45.3 Å². The van der Waals surface area contributed by atoms with Crippen LogP contribution in [-0.4, -0.2) is 80.3 Å². The highest BCUT2D eigenvalue weighted by atomic mass is 16.6. The molecule has 1 aliphatic heterocycles. The van der Waals surface area contributed by atoms with Crippen molar-refractivity contribution in [2.75, 3.05) is 34.0 Å². The topological polar surface area (TPSA) is 94.5 Å². The lowest BCUT2D eigenvalue weighted by molar-refractivity contribution is -0.147. The van der Waals surface area contributed by atoms with Gasteiger partial charge in [-0.1, -0.05) is 0 Å². The second-order valence-corrected chi connectivity index (χ2v) is 5.57. The Morgan fingerprint density at radius 3 is 2.29 bits per heavy atom. The highest BCUT2D eigenvalue weighted by Gasteiger charge is 2.48. The normalized spacial score (nSPS) is 27.3. The summed E-state index contributed by atoms with van der Waals surface area (Å²) in [5.74, 6) is -0.465. The minimum absolute atomic E-state index is 0.155. The fourth-order valence-corrected chi connectivity index (χ4v) is 2.45. The van der Waals surface area contributed by atoms with Crippen LogP contribution in [0.25, 0.3) is 0 Å². The molecule has 0 spiro atoms. The average Bonchev–Trinajstić information content (AvgIpc) is 2.89. The van der Waals surface area contributed by atoms with Crippen molar-refractivity contribution in [3.05, 3.63) is 11.8 Å². The van der Waals surface area contributed by atoms with E-state index in [1.54, 1.807) is 14.0 Å². The second kappa shape index (κ2) is 9.85. The van der Waals surface area contributed by atoms with Crippen molar-refractivity contribution in [1.29, 1.82) is 0 Å². The molecule has 1 rings (SSSR count). The van der Waals surface area contributed by atoms with E-state index in [4.69, 9.17) is 18.9 Å². The van der Waals surface area contributed by atoms with Gasteiger partial charge >= 0.3 is 0 Å². The largest absolute Gasteiger partial charge is 0.394 e. The van der Waals surface area contributed by atoms with Crippen LogP contribution in [0.3, 0.4) is 0 Å². The first-order valence-electron chi connectivity index (χ1n) is 7.75. The van der Waals surface area contributed by atoms with Crippen LogP contribution in [0.1, 0.15) is 20.8 Å². The summed E-state index contributed by atoms with van der Waals surface area (Å²) >= 11 is 0. The van der Waals surface area contributed by atoms with E-state index in [0.29, 0.717) is 12.2 Å². The van der Waals surface area contributed by atoms with E-state index in [-0.39, 0.29) is 24.9 Å². The summed E-state index contributed by atoms with van der Waals surface area (Å²) < 4.78 is 21.9. The third kappa shape index (κ3) is 5.09. The Kier molecular flexibility index (Phi) is 8.51. The van der Waals surface area contributed by atoms with Gasteiger partial charge in [0.1, 0.15) is 18.3 Å². The second-order valence-electron chi connectivity index (χ2n) is 5.57. The van der Waals surface area contributed by atoms with Gasteiger partial charge in [0.05, 0.1) is 19.8 Å². The molecule has 1 heterocycles. The highest BCUT2D eigenvalue weighted by Crippen LogP contribution is 2.29. The molecule has 24 heavy (non-hydrogen) atoms. The van der Waals surface area contributed by atoms with Crippen LogP contribution in [0.5, 0.6) is 0 Å². The number of amides is 1. The minimum Gasteiger partial charge on any atom is -0.394 e. The predicted octanol–water partition coefficient (Wildman–Crippen LogP) is 0.0915. The number of Topliss-reactive ketones (excluding diaryl/α,β-unsaturated/α-hetero) is 1. The van der Waals surface area contributed by atoms with Gasteiger partial charge in [0.2, 0.25) is 5.91 Å². The number of aliphatic hydroxyl groups is 1. The van der Waals surface area contributed by atoms with Crippen LogP contribution in [0, 0.1) is 0 Å². The number of ketones is 1. The van der Waals surface area contributed by atoms with Crippen LogP contribution in [0.2, 0.25) is 0 Å². The zero-order valence-electron chi connectivity index (χ0n) is 14.9. The molecular weight excluding hydrogens is 318 g/mol. The molecule has 1 fully saturated rings. The number of hydrogen-bond acceptors (Lipinski definition) is 7. The molecule has 0 unspecified atom stereocenters. The minimum atomic E-state index is -0.809. The van der Waals surface area contributed by atoms with E-state index in [2.05, 4.69) is 0 Å². The van der Waals surface area contributed by atoms with Crippen molar-refractivity contribution >= 4 is 11.7 Å². The molecule has 0 aliphatic carbocycles. The summed E-state index contributed by atoms with van der Waals surface area (Å²) in [6.07, 6.45) is -1.18. The molecule has 8 nitrogen and oxygen atoms in total. The molecule has 1 amide bonds. The fourth-order valence-electron chi connectivity index (χ4n) is 2.45. The molecule has 0 aromatic heterocycles. The molecule has 0 bridgehead atoms. The zero-order chi connectivity index (χ0) is 18.3. The van der Waals surface area contributed by atoms with Crippen LogP contribution in [0.4, 0.5) is 0 Å². The van der Waals surface area contributed by atoms with E-state index in [9.17, 15) is 14.7 Å². The molecule has 1 aliphatic rings. The lowest BCUT2D eigenvalue weighted by atomic mass is 10.1. The number of hydrogen-bond donors (Lipinski definition) is 1. The number of methoxy groups -OCH3 is 2. The van der Waals surface area contributed by atoms with Gasteiger partial charge < -0.3 is 24.1 Å². The van der Waals surface area contributed by atoms with E-state index in [1.165, 1.54) is 32.1 Å². The molecule has 138 valence electrons. The third-order valence-corrected chi connectivity index (χ3v) is 3.86. The quantitative estimate of drug-likeness (QED) is 0.467. The standard InChI is InChI=1S/C16H27NO7/c1-10(11(2)19)8-17(12(3)20)16-15(23-7-6-21-4)14(22-5)13(9-18)24-16/h8,13-16,18H,6-7,9H2,1-5H3/b10-8-/t13-,14-,15-,16-/m1/s1. The number of carbonyl (C=O) groups excluding carboxylic acids is 2. The summed E-state index contributed by atoms with van der Waals surface area (Å²) in [7, 11) is 3.04. The summed E-state index contributed by atoms with van der Waals surface area (Å²) in [6, 6.07) is 0. The molecule has 8 heteroatoms. The Bertz CT molecular complexity index is 465. The maximum atomic E-state index is 12.1. The SMILES string of the molecule is COCCO[C@@H]1[C@H](OC)[C@@H](CO)O[C@H]1N(/C=C(/C)C(C)=O)C(C)=O. The number of carbonyl (C=O) groups is 2. The van der Waals surface area contributed by atoms with E-state index in [1.807, 2.05) is 0 Å². The van der Waals surface area contributed by atoms with Gasteiger partial charge in [0.25, 0.3) is 0 Å². The van der Waals surface area contributed by atoms with Crippen LogP contribution < -0.4 is 0 Å². The van der Waals surface area contributed by atoms with Gasteiger partial charge in [-0.05, 0) is 13.8 Å². The Labute approximate surface area is 142 Å².